The van der Waals surface area contributed by atoms with E-state index in [2.05, 4.69) is 5.10 Å². The molecule has 3 aromatic carbocycles. The summed E-state index contributed by atoms with van der Waals surface area (Å²) < 4.78 is 29.6. The van der Waals surface area contributed by atoms with Gasteiger partial charge in [-0.3, -0.25) is 9.10 Å². The zero-order valence-corrected chi connectivity index (χ0v) is 22.7. The van der Waals surface area contributed by atoms with Gasteiger partial charge in [-0.05, 0) is 60.2 Å². The van der Waals surface area contributed by atoms with Gasteiger partial charge in [-0.25, -0.2) is 17.9 Å². The van der Waals surface area contributed by atoms with Gasteiger partial charge in [-0.2, -0.15) is 5.10 Å². The number of nitrogens with zero attached hydrogens (tertiary/aromatic N) is 3. The average Bonchev–Trinajstić information content (AvgIpc) is 3.61. The SMILES string of the molecule is CCCc1ccc(S(=O)(=O)N(CC(=O)O)c2cccc(-n3ncc(C(=O)O)c3[C@H]3C[C@@H]3c3ccccc3)c2)cc1. The number of aromatic carboxylic acids is 1. The molecule has 1 heterocycles. The molecule has 4 aromatic rings. The quantitative estimate of drug-likeness (QED) is 0.262. The van der Waals surface area contributed by atoms with E-state index in [4.69, 9.17) is 0 Å². The molecule has 10 heteroatoms. The van der Waals surface area contributed by atoms with E-state index in [-0.39, 0.29) is 28.0 Å². The molecule has 0 amide bonds. The monoisotopic (exact) mass is 559 g/mol. The summed E-state index contributed by atoms with van der Waals surface area (Å²) in [4.78, 5) is 23.8. The van der Waals surface area contributed by atoms with E-state index >= 15 is 0 Å². The van der Waals surface area contributed by atoms with Crippen molar-refractivity contribution in [1.29, 1.82) is 0 Å². The van der Waals surface area contributed by atoms with Gasteiger partial charge in [0, 0.05) is 5.92 Å². The van der Waals surface area contributed by atoms with E-state index in [1.807, 2.05) is 37.3 Å². The summed E-state index contributed by atoms with van der Waals surface area (Å²) in [6.07, 6.45) is 3.77. The van der Waals surface area contributed by atoms with Crippen LogP contribution in [0.3, 0.4) is 0 Å². The third kappa shape index (κ3) is 5.35. The number of aromatic nitrogens is 2. The van der Waals surface area contributed by atoms with Crippen LogP contribution in [0.25, 0.3) is 5.69 Å². The van der Waals surface area contributed by atoms with Crippen molar-refractivity contribution in [2.75, 3.05) is 10.8 Å². The third-order valence-corrected chi connectivity index (χ3v) is 8.89. The Morgan fingerprint density at radius 2 is 1.70 bits per heavy atom. The van der Waals surface area contributed by atoms with Gasteiger partial charge in [-0.1, -0.05) is 61.9 Å². The van der Waals surface area contributed by atoms with Gasteiger partial charge in [-0.15, -0.1) is 0 Å². The second-order valence-electron chi connectivity index (χ2n) is 9.84. The van der Waals surface area contributed by atoms with Crippen LogP contribution in [0.5, 0.6) is 0 Å². The Labute approximate surface area is 232 Å². The van der Waals surface area contributed by atoms with Crippen molar-refractivity contribution >= 4 is 27.6 Å². The Morgan fingerprint density at radius 1 is 0.975 bits per heavy atom. The average molecular weight is 560 g/mol. The molecule has 1 aliphatic rings. The molecule has 0 unspecified atom stereocenters. The number of hydrogen-bond donors (Lipinski definition) is 2. The Hall–Kier alpha value is -4.44. The van der Waals surface area contributed by atoms with Crippen LogP contribution >= 0.6 is 0 Å². The first kappa shape index (κ1) is 27.1. The summed E-state index contributed by atoms with van der Waals surface area (Å²) >= 11 is 0. The van der Waals surface area contributed by atoms with Crippen LogP contribution in [0.4, 0.5) is 5.69 Å². The molecule has 0 aliphatic heterocycles. The first-order valence-corrected chi connectivity index (χ1v) is 14.4. The van der Waals surface area contributed by atoms with Crippen molar-refractivity contribution in [2.45, 2.75) is 42.9 Å². The van der Waals surface area contributed by atoms with Gasteiger partial charge in [0.05, 0.1) is 28.2 Å². The minimum Gasteiger partial charge on any atom is -0.480 e. The molecule has 0 bridgehead atoms. The van der Waals surface area contributed by atoms with Gasteiger partial charge >= 0.3 is 11.9 Å². The summed E-state index contributed by atoms with van der Waals surface area (Å²) in [5, 5.41) is 23.8. The van der Waals surface area contributed by atoms with Crippen molar-refractivity contribution in [3.8, 4) is 5.69 Å². The van der Waals surface area contributed by atoms with E-state index in [1.165, 1.54) is 35.1 Å². The molecule has 0 spiro atoms. The zero-order chi connectivity index (χ0) is 28.4. The van der Waals surface area contributed by atoms with Gasteiger partial charge in [0.1, 0.15) is 12.1 Å². The van der Waals surface area contributed by atoms with Crippen molar-refractivity contribution in [2.24, 2.45) is 0 Å². The lowest BCUT2D eigenvalue weighted by Gasteiger charge is -2.23. The Morgan fingerprint density at radius 3 is 2.35 bits per heavy atom. The number of carboxylic acid groups (broad SMARTS) is 2. The topological polar surface area (TPSA) is 130 Å². The highest BCUT2D eigenvalue weighted by Gasteiger charge is 2.44. The van der Waals surface area contributed by atoms with Crippen molar-refractivity contribution in [3.63, 3.8) is 0 Å². The van der Waals surface area contributed by atoms with E-state index in [0.29, 0.717) is 11.4 Å². The summed E-state index contributed by atoms with van der Waals surface area (Å²) in [6.45, 7) is 1.25. The fourth-order valence-electron chi connectivity index (χ4n) is 5.11. The molecule has 40 heavy (non-hydrogen) atoms. The highest BCUT2D eigenvalue weighted by atomic mass is 32.2. The molecular formula is C30H29N3O6S. The summed E-state index contributed by atoms with van der Waals surface area (Å²) in [5.74, 6) is -2.36. The van der Waals surface area contributed by atoms with Crippen LogP contribution in [0.15, 0.2) is 90.0 Å². The summed E-state index contributed by atoms with van der Waals surface area (Å²) in [5.41, 5.74) is 3.26. The highest BCUT2D eigenvalue weighted by Crippen LogP contribution is 2.55. The number of sulfonamides is 1. The molecular weight excluding hydrogens is 530 g/mol. The van der Waals surface area contributed by atoms with Crippen LogP contribution in [0.1, 0.15) is 58.8 Å². The van der Waals surface area contributed by atoms with Crippen LogP contribution in [-0.2, 0) is 21.2 Å². The fourth-order valence-corrected chi connectivity index (χ4v) is 6.52. The molecule has 1 fully saturated rings. The number of aryl methyl sites for hydroxylation is 1. The van der Waals surface area contributed by atoms with Crippen LogP contribution in [0, 0.1) is 0 Å². The summed E-state index contributed by atoms with van der Waals surface area (Å²) in [6, 6.07) is 22.6. The number of aliphatic carboxylic acids is 1. The first-order chi connectivity index (χ1) is 19.2. The molecule has 2 atom stereocenters. The summed E-state index contributed by atoms with van der Waals surface area (Å²) in [7, 11) is -4.22. The maximum Gasteiger partial charge on any atom is 0.339 e. The maximum absolute atomic E-state index is 13.6. The van der Waals surface area contributed by atoms with Gasteiger partial charge in [0.15, 0.2) is 0 Å². The van der Waals surface area contributed by atoms with Crippen molar-refractivity contribution in [1.82, 2.24) is 9.78 Å². The molecule has 1 saturated carbocycles. The minimum absolute atomic E-state index is 0.0179. The van der Waals surface area contributed by atoms with Crippen molar-refractivity contribution < 1.29 is 28.2 Å². The molecule has 0 saturated heterocycles. The Kier molecular flexibility index (Phi) is 7.44. The van der Waals surface area contributed by atoms with Crippen LogP contribution in [-0.4, -0.2) is 46.9 Å². The lowest BCUT2D eigenvalue weighted by molar-refractivity contribution is -0.135. The molecule has 1 aromatic heterocycles. The van der Waals surface area contributed by atoms with E-state index in [0.717, 1.165) is 34.7 Å². The van der Waals surface area contributed by atoms with Gasteiger partial charge in [0.25, 0.3) is 10.0 Å². The first-order valence-electron chi connectivity index (χ1n) is 13.0. The zero-order valence-electron chi connectivity index (χ0n) is 21.8. The molecule has 206 valence electrons. The predicted molar refractivity (Wildman–Crippen MR) is 150 cm³/mol. The van der Waals surface area contributed by atoms with Crippen LogP contribution < -0.4 is 4.31 Å². The lowest BCUT2D eigenvalue weighted by Crippen LogP contribution is -2.35. The highest BCUT2D eigenvalue weighted by molar-refractivity contribution is 7.92. The molecule has 0 radical (unpaired) electrons. The lowest BCUT2D eigenvalue weighted by atomic mass is 10.1. The number of anilines is 1. The maximum atomic E-state index is 13.6. The number of carboxylic acids is 2. The predicted octanol–water partition coefficient (Wildman–Crippen LogP) is 5.07. The van der Waals surface area contributed by atoms with E-state index in [1.54, 1.807) is 24.3 Å². The second-order valence-corrected chi connectivity index (χ2v) is 11.7. The molecule has 2 N–H and O–H groups in total. The Bertz CT molecular complexity index is 1650. The number of benzene rings is 3. The number of hydrogen-bond acceptors (Lipinski definition) is 5. The molecule has 5 rings (SSSR count). The largest absolute Gasteiger partial charge is 0.480 e. The van der Waals surface area contributed by atoms with E-state index < -0.39 is 28.5 Å². The van der Waals surface area contributed by atoms with Gasteiger partial charge in [0.2, 0.25) is 0 Å². The number of carbonyl (C=O) groups is 2. The van der Waals surface area contributed by atoms with E-state index in [9.17, 15) is 28.2 Å². The Balaban J connectivity index is 1.54. The molecule has 9 nitrogen and oxygen atoms in total. The second kappa shape index (κ2) is 11.0. The fraction of sp³-hybridized carbons (Fsp3) is 0.233. The normalized spacial score (nSPS) is 16.4. The minimum atomic E-state index is -4.22. The third-order valence-electron chi connectivity index (χ3n) is 7.10. The van der Waals surface area contributed by atoms with Crippen molar-refractivity contribution in [3.05, 3.63) is 107 Å². The number of rotatable bonds is 11. The smallest absolute Gasteiger partial charge is 0.339 e. The van der Waals surface area contributed by atoms with Gasteiger partial charge < -0.3 is 10.2 Å². The van der Waals surface area contributed by atoms with Crippen LogP contribution in [0.2, 0.25) is 0 Å². The molecule has 1 aliphatic carbocycles. The standard InChI is InChI=1S/C30H29N3O6S/c1-2-7-20-12-14-24(15-13-20)40(38,39)32(19-28(34)35)22-10-6-11-23(16-22)33-29(27(18-31-33)30(36)37)26-17-25(26)21-8-4-3-5-9-21/h3-6,8-16,18,25-26H,2,7,17,19H2,1H3,(H,34,35)(H,36,37)/t25-,26+/m1/s1.